The number of benzene rings is 2. The fraction of sp³-hybridized carbons (Fsp3) is 0.333. The van der Waals surface area contributed by atoms with E-state index in [1.807, 2.05) is 49.9 Å². The van der Waals surface area contributed by atoms with Crippen molar-refractivity contribution in [1.29, 1.82) is 0 Å². The Labute approximate surface area is 181 Å². The van der Waals surface area contributed by atoms with Crippen molar-refractivity contribution in [2.45, 2.75) is 33.2 Å². The molecule has 1 aliphatic rings. The Hall–Kier alpha value is -3.48. The number of nitrogens with one attached hydrogen (secondary N) is 1. The average Bonchev–Trinajstić information content (AvgIpc) is 3.27. The Morgan fingerprint density at radius 3 is 2.52 bits per heavy atom. The van der Waals surface area contributed by atoms with Crippen LogP contribution in [0.2, 0.25) is 0 Å². The summed E-state index contributed by atoms with van der Waals surface area (Å²) in [5, 5.41) is 18.1. The van der Waals surface area contributed by atoms with Gasteiger partial charge in [0.1, 0.15) is 17.1 Å². The molecule has 1 amide bonds. The van der Waals surface area contributed by atoms with E-state index in [-0.39, 0.29) is 17.7 Å². The van der Waals surface area contributed by atoms with Crippen LogP contribution in [-0.4, -0.2) is 46.9 Å². The Kier molecular flexibility index (Phi) is 5.35. The van der Waals surface area contributed by atoms with Crippen molar-refractivity contribution in [2.75, 3.05) is 20.8 Å². The molecule has 0 unspecified atom stereocenters. The molecule has 2 N–H and O–H groups in total. The van der Waals surface area contributed by atoms with Crippen LogP contribution in [0.15, 0.2) is 30.3 Å². The number of carbonyl (C=O) groups excluding carboxylic acids is 1. The van der Waals surface area contributed by atoms with E-state index in [1.165, 1.54) is 0 Å². The number of aromatic nitrogens is 2. The lowest BCUT2D eigenvalue weighted by atomic mass is 9.93. The summed E-state index contributed by atoms with van der Waals surface area (Å²) in [5.74, 6) is 1.27. The number of fused-ring (bicyclic) bond motifs is 1. The fourth-order valence-electron chi connectivity index (χ4n) is 4.48. The zero-order valence-electron chi connectivity index (χ0n) is 18.4. The van der Waals surface area contributed by atoms with Gasteiger partial charge in [0.15, 0.2) is 11.5 Å². The summed E-state index contributed by atoms with van der Waals surface area (Å²) in [4.78, 5) is 15.1. The number of hydrogen-bond donors (Lipinski definition) is 2. The van der Waals surface area contributed by atoms with E-state index in [9.17, 15) is 9.90 Å². The van der Waals surface area contributed by atoms with Crippen LogP contribution < -0.4 is 9.47 Å². The van der Waals surface area contributed by atoms with Gasteiger partial charge in [-0.3, -0.25) is 9.89 Å². The molecule has 3 aromatic rings. The van der Waals surface area contributed by atoms with Crippen LogP contribution in [0.3, 0.4) is 0 Å². The van der Waals surface area contributed by atoms with Gasteiger partial charge in [0.2, 0.25) is 0 Å². The zero-order valence-corrected chi connectivity index (χ0v) is 18.4. The first-order valence-corrected chi connectivity index (χ1v) is 10.3. The number of phenols is 1. The number of phenolic OH excluding ortho intramolecular Hbond substituents is 1. The number of ether oxygens (including phenoxy) is 2. The number of amides is 1. The third-order valence-corrected chi connectivity index (χ3v) is 5.75. The number of H-pyrrole nitrogens is 1. The van der Waals surface area contributed by atoms with Crippen molar-refractivity contribution in [3.63, 3.8) is 0 Å². The summed E-state index contributed by atoms with van der Waals surface area (Å²) in [6.45, 7) is 6.51. The SMILES string of the molecule is CCCN1C(=O)c2[nH]nc(-c3c(C)cc(C)cc3O)c2[C@H]1c1ccc(OC)c(OC)c1. The highest BCUT2D eigenvalue weighted by molar-refractivity contribution is 6.00. The van der Waals surface area contributed by atoms with Gasteiger partial charge in [-0.05, 0) is 55.2 Å². The van der Waals surface area contributed by atoms with Crippen LogP contribution >= 0.6 is 0 Å². The molecule has 1 aliphatic heterocycles. The highest BCUT2D eigenvalue weighted by atomic mass is 16.5. The van der Waals surface area contributed by atoms with E-state index in [4.69, 9.17) is 9.47 Å². The quantitative estimate of drug-likeness (QED) is 0.617. The lowest BCUT2D eigenvalue weighted by Crippen LogP contribution is -2.30. The number of aryl methyl sites for hydroxylation is 2. The largest absolute Gasteiger partial charge is 0.507 e. The molecule has 0 spiro atoms. The number of hydrogen-bond acceptors (Lipinski definition) is 5. The molecule has 0 radical (unpaired) electrons. The minimum atomic E-state index is -0.351. The van der Waals surface area contributed by atoms with Crippen molar-refractivity contribution in [3.05, 3.63) is 58.3 Å². The van der Waals surface area contributed by atoms with Crippen LogP contribution in [0.1, 0.15) is 52.1 Å². The predicted octanol–water partition coefficient (Wildman–Crippen LogP) is 4.37. The summed E-state index contributed by atoms with van der Waals surface area (Å²) < 4.78 is 10.9. The molecule has 0 saturated carbocycles. The van der Waals surface area contributed by atoms with E-state index >= 15 is 0 Å². The van der Waals surface area contributed by atoms with Crippen LogP contribution in [0, 0.1) is 13.8 Å². The predicted molar refractivity (Wildman–Crippen MR) is 118 cm³/mol. The topological polar surface area (TPSA) is 87.7 Å². The number of aromatic hydroxyl groups is 1. The van der Waals surface area contributed by atoms with Crippen LogP contribution in [0.4, 0.5) is 0 Å². The van der Waals surface area contributed by atoms with Gasteiger partial charge in [-0.1, -0.05) is 19.1 Å². The minimum Gasteiger partial charge on any atom is -0.507 e. The molecule has 0 aliphatic carbocycles. The van der Waals surface area contributed by atoms with Gasteiger partial charge >= 0.3 is 0 Å². The van der Waals surface area contributed by atoms with Gasteiger partial charge in [0.05, 0.1) is 20.3 Å². The molecule has 4 rings (SSSR count). The normalized spacial score (nSPS) is 15.3. The smallest absolute Gasteiger partial charge is 0.273 e. The minimum absolute atomic E-state index is 0.0976. The second-order valence-electron chi connectivity index (χ2n) is 7.85. The number of nitrogens with zero attached hydrogens (tertiary/aromatic N) is 2. The molecule has 162 valence electrons. The highest BCUT2D eigenvalue weighted by Gasteiger charge is 2.42. The molecular formula is C24H27N3O4. The molecule has 1 atom stereocenters. The molecule has 31 heavy (non-hydrogen) atoms. The van der Waals surface area contributed by atoms with Gasteiger partial charge in [-0.15, -0.1) is 0 Å². The average molecular weight is 421 g/mol. The lowest BCUT2D eigenvalue weighted by molar-refractivity contribution is 0.0743. The molecule has 2 heterocycles. The maximum atomic E-state index is 13.3. The molecule has 0 fully saturated rings. The first-order valence-electron chi connectivity index (χ1n) is 10.3. The van der Waals surface area contributed by atoms with Crippen molar-refractivity contribution < 1.29 is 19.4 Å². The summed E-state index contributed by atoms with van der Waals surface area (Å²) in [6.07, 6.45) is 0.817. The maximum absolute atomic E-state index is 13.3. The Morgan fingerprint density at radius 2 is 1.87 bits per heavy atom. The van der Waals surface area contributed by atoms with Crippen LogP contribution in [0.5, 0.6) is 17.2 Å². The summed E-state index contributed by atoms with van der Waals surface area (Å²) in [5.41, 5.74) is 5.22. The van der Waals surface area contributed by atoms with E-state index in [2.05, 4.69) is 10.2 Å². The van der Waals surface area contributed by atoms with Gasteiger partial charge in [0, 0.05) is 17.7 Å². The van der Waals surface area contributed by atoms with E-state index in [0.717, 1.165) is 28.7 Å². The Morgan fingerprint density at radius 1 is 1.13 bits per heavy atom. The molecule has 7 nitrogen and oxygen atoms in total. The maximum Gasteiger partial charge on any atom is 0.273 e. The lowest BCUT2D eigenvalue weighted by Gasteiger charge is -2.26. The van der Waals surface area contributed by atoms with Crippen LogP contribution in [0.25, 0.3) is 11.3 Å². The summed E-state index contributed by atoms with van der Waals surface area (Å²) in [6, 6.07) is 9.05. The number of rotatable bonds is 6. The molecule has 1 aromatic heterocycles. The number of carbonyl (C=O) groups is 1. The molecule has 7 heteroatoms. The van der Waals surface area contributed by atoms with Gasteiger partial charge < -0.3 is 19.5 Å². The number of aromatic amines is 1. The van der Waals surface area contributed by atoms with Gasteiger partial charge in [0.25, 0.3) is 5.91 Å². The third kappa shape index (κ3) is 3.30. The summed E-state index contributed by atoms with van der Waals surface area (Å²) in [7, 11) is 3.18. The van der Waals surface area contributed by atoms with Crippen molar-refractivity contribution in [3.8, 4) is 28.5 Å². The standard InChI is InChI=1S/C24H27N3O4/c1-6-9-27-23(15-7-8-17(30-4)18(12-15)31-5)20-21(25-26-22(20)24(27)29)19-14(3)10-13(2)11-16(19)28/h7-8,10-12,23,28H,6,9H2,1-5H3,(H,25,26)/t23-/m1/s1. The highest BCUT2D eigenvalue weighted by Crippen LogP contribution is 2.46. The van der Waals surface area contributed by atoms with Crippen LogP contribution in [-0.2, 0) is 0 Å². The Bertz CT molecular complexity index is 1130. The van der Waals surface area contributed by atoms with Gasteiger partial charge in [-0.2, -0.15) is 5.10 Å². The first kappa shape index (κ1) is 20.8. The molecular weight excluding hydrogens is 394 g/mol. The second-order valence-corrected chi connectivity index (χ2v) is 7.85. The van der Waals surface area contributed by atoms with E-state index in [0.29, 0.717) is 35.0 Å². The monoisotopic (exact) mass is 421 g/mol. The van der Waals surface area contributed by atoms with Gasteiger partial charge in [-0.25, -0.2) is 0 Å². The first-order chi connectivity index (χ1) is 14.9. The molecule has 2 aromatic carbocycles. The van der Waals surface area contributed by atoms with Crippen molar-refractivity contribution in [1.82, 2.24) is 15.1 Å². The Balaban J connectivity index is 1.94. The number of methoxy groups -OCH3 is 2. The van der Waals surface area contributed by atoms with Crippen molar-refractivity contribution >= 4 is 5.91 Å². The van der Waals surface area contributed by atoms with E-state index in [1.54, 1.807) is 20.3 Å². The fourth-order valence-corrected chi connectivity index (χ4v) is 4.48. The molecule has 0 saturated heterocycles. The third-order valence-electron chi connectivity index (χ3n) is 5.75. The van der Waals surface area contributed by atoms with Crippen molar-refractivity contribution in [2.24, 2.45) is 0 Å². The second kappa shape index (κ2) is 7.98. The summed E-state index contributed by atoms with van der Waals surface area (Å²) >= 11 is 0. The molecule has 0 bridgehead atoms. The van der Waals surface area contributed by atoms with E-state index < -0.39 is 0 Å². The zero-order chi connectivity index (χ0) is 22.3.